The molecule has 0 N–H and O–H groups in total. The van der Waals surface area contributed by atoms with E-state index in [-0.39, 0.29) is 47.8 Å². The van der Waals surface area contributed by atoms with Crippen molar-refractivity contribution in [3.05, 3.63) is 71.3 Å². The molecule has 0 amide bonds. The zero-order chi connectivity index (χ0) is 20.7. The summed E-state index contributed by atoms with van der Waals surface area (Å²) in [5.74, 6) is -1.25. The van der Waals surface area contributed by atoms with Crippen molar-refractivity contribution in [1.29, 1.82) is 0 Å². The molecular formula is C17H11F6N2NaO2S. The third kappa shape index (κ3) is 4.42. The van der Waals surface area contributed by atoms with Gasteiger partial charge in [0.2, 0.25) is 5.17 Å². The smallest absolute Gasteiger partial charge is 1.00 e. The number of amidine groups is 1. The average molecular weight is 444 g/mol. The molecule has 0 aliphatic carbocycles. The van der Waals surface area contributed by atoms with Crippen LogP contribution in [0.15, 0.2) is 58.5 Å². The first-order valence-electron chi connectivity index (χ1n) is 7.62. The van der Waals surface area contributed by atoms with Crippen LogP contribution in [-0.2, 0) is 9.84 Å². The van der Waals surface area contributed by atoms with Crippen LogP contribution in [0.3, 0.4) is 0 Å². The predicted molar refractivity (Wildman–Crippen MR) is 90.5 cm³/mol. The monoisotopic (exact) mass is 444 g/mol. The van der Waals surface area contributed by atoms with Crippen molar-refractivity contribution in [3.8, 4) is 0 Å². The van der Waals surface area contributed by atoms with Gasteiger partial charge in [-0.2, -0.15) is 8.78 Å². The fourth-order valence-electron chi connectivity index (χ4n) is 2.45. The molecule has 0 spiro atoms. The Hall–Kier alpha value is -1.69. The summed E-state index contributed by atoms with van der Waals surface area (Å²) >= 11 is 0. The number of aliphatic imine (C=N–C) groups is 2. The second kappa shape index (κ2) is 8.58. The minimum Gasteiger partial charge on any atom is -1.00 e. The van der Waals surface area contributed by atoms with E-state index in [1.54, 1.807) is 0 Å². The van der Waals surface area contributed by atoms with Gasteiger partial charge in [0.15, 0.2) is 0 Å². The molecule has 0 fully saturated rings. The molecule has 1 heterocycles. The van der Waals surface area contributed by atoms with Crippen molar-refractivity contribution in [3.63, 3.8) is 0 Å². The van der Waals surface area contributed by atoms with Crippen LogP contribution in [0.5, 0.6) is 0 Å². The van der Waals surface area contributed by atoms with Crippen LogP contribution in [0.2, 0.25) is 0 Å². The quantitative estimate of drug-likeness (QED) is 0.527. The first-order chi connectivity index (χ1) is 13.0. The number of nitrogens with zero attached hydrogens (tertiary/aromatic N) is 2. The topological polar surface area (TPSA) is 58.9 Å². The Morgan fingerprint density at radius 3 is 1.90 bits per heavy atom. The summed E-state index contributed by atoms with van der Waals surface area (Å²) in [6.07, 6.45) is -4.49. The van der Waals surface area contributed by atoms with Gasteiger partial charge in [0, 0.05) is 0 Å². The van der Waals surface area contributed by atoms with Crippen molar-refractivity contribution in [1.82, 2.24) is 0 Å². The molecule has 0 saturated heterocycles. The van der Waals surface area contributed by atoms with Crippen LogP contribution in [0.25, 0.3) is 0 Å². The molecule has 1 aliphatic rings. The Kier molecular flexibility index (Phi) is 6.98. The molecule has 0 aromatic heterocycles. The molecule has 12 heteroatoms. The minimum absolute atomic E-state index is 0. The second-order valence-corrected chi connectivity index (χ2v) is 7.65. The second-order valence-electron chi connectivity index (χ2n) is 5.74. The number of hydrogen-bond donors (Lipinski definition) is 0. The normalized spacial score (nSPS) is 17.0. The van der Waals surface area contributed by atoms with Gasteiger partial charge in [-0.15, -0.1) is 0 Å². The maximum atomic E-state index is 13.6. The van der Waals surface area contributed by atoms with E-state index in [1.807, 2.05) is 0 Å². The summed E-state index contributed by atoms with van der Waals surface area (Å²) in [7, 11) is -5.90. The van der Waals surface area contributed by atoms with Crippen molar-refractivity contribution in [2.45, 2.75) is 17.7 Å². The minimum atomic E-state index is -5.90. The molecule has 1 unspecified atom stereocenters. The summed E-state index contributed by atoms with van der Waals surface area (Å²) in [6, 6.07) is 7.60. The van der Waals surface area contributed by atoms with Crippen LogP contribution in [0.1, 0.15) is 18.6 Å². The number of rotatable bonds is 4. The average Bonchev–Trinajstić information content (AvgIpc) is 3.08. The molecule has 150 valence electrons. The van der Waals surface area contributed by atoms with E-state index in [2.05, 4.69) is 9.98 Å². The molecule has 4 nitrogen and oxygen atoms in total. The summed E-state index contributed by atoms with van der Waals surface area (Å²) in [4.78, 5) is 7.12. The van der Waals surface area contributed by atoms with Crippen LogP contribution in [0, 0.1) is 11.6 Å². The molecule has 0 saturated carbocycles. The molecule has 1 aliphatic heterocycles. The third-order valence-corrected chi connectivity index (χ3v) is 5.47. The van der Waals surface area contributed by atoms with E-state index < -0.39 is 44.4 Å². The van der Waals surface area contributed by atoms with E-state index in [4.69, 9.17) is 0 Å². The van der Waals surface area contributed by atoms with E-state index in [1.165, 1.54) is 24.3 Å². The van der Waals surface area contributed by atoms with E-state index in [0.29, 0.717) is 0 Å². The summed E-state index contributed by atoms with van der Waals surface area (Å²) in [5, 5.41) is -6.88. The van der Waals surface area contributed by atoms with Crippen molar-refractivity contribution in [2.75, 3.05) is 0 Å². The molecule has 1 atom stereocenters. The van der Waals surface area contributed by atoms with Crippen LogP contribution in [-0.4, -0.2) is 31.0 Å². The van der Waals surface area contributed by atoms with Gasteiger partial charge in [0.1, 0.15) is 17.7 Å². The first-order valence-corrected chi connectivity index (χ1v) is 9.10. The van der Waals surface area contributed by atoms with E-state index in [9.17, 15) is 34.8 Å². The predicted octanol–water partition coefficient (Wildman–Crippen LogP) is 1.25. The third-order valence-electron chi connectivity index (χ3n) is 3.89. The van der Waals surface area contributed by atoms with Gasteiger partial charge in [0.05, 0.1) is 5.71 Å². The molecule has 29 heavy (non-hydrogen) atoms. The van der Waals surface area contributed by atoms with Gasteiger partial charge in [-0.05, 0) is 35.4 Å². The summed E-state index contributed by atoms with van der Waals surface area (Å²) < 4.78 is 103. The summed E-state index contributed by atoms with van der Waals surface area (Å²) in [5.41, 5.74) is 0.121. The largest absolute Gasteiger partial charge is 1.00 e. The zero-order valence-electron chi connectivity index (χ0n) is 15.7. The Labute approximate surface area is 185 Å². The molecule has 2 aromatic carbocycles. The first kappa shape index (κ1) is 23.6. The van der Waals surface area contributed by atoms with Gasteiger partial charge in [-0.3, -0.25) is 0 Å². The zero-order valence-corrected chi connectivity index (χ0v) is 17.5. The molecule has 2 aromatic rings. The van der Waals surface area contributed by atoms with Crippen molar-refractivity contribution < 1.29 is 65.7 Å². The fraction of sp³-hybridized carbons (Fsp3) is 0.176. The van der Waals surface area contributed by atoms with E-state index >= 15 is 0 Å². The molecule has 0 bridgehead atoms. The number of benzene rings is 2. The number of sulfone groups is 1. The van der Waals surface area contributed by atoms with Crippen molar-refractivity contribution >= 4 is 20.7 Å². The van der Waals surface area contributed by atoms with Gasteiger partial charge < -0.3 is 1.43 Å². The Morgan fingerprint density at radius 1 is 0.931 bits per heavy atom. The number of halogens is 6. The Bertz CT molecular complexity index is 1060. The maximum absolute atomic E-state index is 13.6. The van der Waals surface area contributed by atoms with Gasteiger partial charge >= 0.3 is 41.2 Å². The van der Waals surface area contributed by atoms with Crippen LogP contribution < -0.4 is 29.6 Å². The van der Waals surface area contributed by atoms with E-state index in [0.717, 1.165) is 24.3 Å². The van der Waals surface area contributed by atoms with Gasteiger partial charge in [0.25, 0.3) is 9.84 Å². The SMILES string of the molecule is O=S(=O)(C1=NC(c2ccc(F)cc2)C(c2ccc(F)cc2)=N1)C(F)(F)C(F)F.[H-].[Na+]. The standard InChI is InChI=1S/C17H10F6N2O2S.Na.H/c18-11-5-1-9(2-6-11)13-14(10-3-7-12(19)8-4-10)25-16(24-13)28(26,27)17(22,23)15(20)21;;/h1-8,13,15H;;/q;+1;-1. The van der Waals surface area contributed by atoms with Crippen LogP contribution >= 0.6 is 0 Å². The van der Waals surface area contributed by atoms with Gasteiger partial charge in [-0.1, -0.05) is 24.3 Å². The molecule has 0 radical (unpaired) electrons. The van der Waals surface area contributed by atoms with Gasteiger partial charge in [-0.25, -0.2) is 36.0 Å². The van der Waals surface area contributed by atoms with Crippen molar-refractivity contribution in [2.24, 2.45) is 9.98 Å². The Balaban J connectivity index is 0.00000225. The maximum Gasteiger partial charge on any atom is 1.00 e. The summed E-state index contributed by atoms with van der Waals surface area (Å²) in [6.45, 7) is 0. The molecular weight excluding hydrogens is 433 g/mol. The molecule has 3 rings (SSSR count). The number of alkyl halides is 4. The fourth-order valence-corrected chi connectivity index (χ4v) is 3.39. The number of hydrogen-bond acceptors (Lipinski definition) is 4. The van der Waals surface area contributed by atoms with Crippen LogP contribution in [0.4, 0.5) is 26.3 Å². The Morgan fingerprint density at radius 2 is 1.41 bits per heavy atom.